The number of amides is 1. The van der Waals surface area contributed by atoms with Gasteiger partial charge >= 0.3 is 5.97 Å². The number of nitrogens with one attached hydrogen (secondary N) is 1. The third-order valence-electron chi connectivity index (χ3n) is 6.15. The predicted molar refractivity (Wildman–Crippen MR) is 123 cm³/mol. The molecule has 0 aromatic heterocycles. The Morgan fingerprint density at radius 1 is 1.03 bits per heavy atom. The number of nitrogens with zero attached hydrogens (tertiary/aromatic N) is 2. The summed E-state index contributed by atoms with van der Waals surface area (Å²) in [6.45, 7) is 5.27. The molecule has 2 aromatic rings. The first-order chi connectivity index (χ1) is 15.0. The number of hydrogen-bond acceptors (Lipinski definition) is 4. The number of aromatic carboxylic acids is 1. The minimum Gasteiger partial charge on any atom is -0.478 e. The molecule has 2 N–H and O–H groups in total. The van der Waals surface area contributed by atoms with Gasteiger partial charge in [-0.15, -0.1) is 0 Å². The Hall–Kier alpha value is -2.57. The number of rotatable bonds is 6. The lowest BCUT2D eigenvalue weighted by atomic mass is 9.96. The van der Waals surface area contributed by atoms with E-state index in [9.17, 15) is 14.7 Å². The van der Waals surface area contributed by atoms with Gasteiger partial charge in [0.05, 0.1) is 16.9 Å². The van der Waals surface area contributed by atoms with Crippen molar-refractivity contribution in [3.8, 4) is 0 Å². The van der Waals surface area contributed by atoms with Gasteiger partial charge in [-0.3, -0.25) is 4.79 Å². The summed E-state index contributed by atoms with van der Waals surface area (Å²) in [7, 11) is 0. The van der Waals surface area contributed by atoms with Gasteiger partial charge in [0, 0.05) is 30.2 Å². The quantitative estimate of drug-likeness (QED) is 0.685. The normalized spacial score (nSPS) is 19.4. The summed E-state index contributed by atoms with van der Waals surface area (Å²) in [5.74, 6) is -0.755. The lowest BCUT2D eigenvalue weighted by molar-refractivity contribution is 0.0696. The maximum atomic E-state index is 12.8. The molecular weight excluding hydrogens is 414 g/mol. The van der Waals surface area contributed by atoms with Crippen LogP contribution in [-0.4, -0.2) is 54.6 Å². The molecule has 2 saturated heterocycles. The predicted octanol–water partition coefficient (Wildman–Crippen LogP) is 4.60. The average molecular weight is 442 g/mol. The van der Waals surface area contributed by atoms with Crippen LogP contribution in [-0.2, 0) is 0 Å². The van der Waals surface area contributed by atoms with E-state index in [0.29, 0.717) is 22.2 Å². The number of carboxylic acid groups (broad SMARTS) is 1. The SMILES string of the molecule is O=C(O)c1ccc(N2CCC[C@@H](CN3CCCC3)C2)c(NC(=O)c2cccc(Cl)c2)c1. The zero-order valence-electron chi connectivity index (χ0n) is 17.5. The maximum Gasteiger partial charge on any atom is 0.335 e. The van der Waals surface area contributed by atoms with E-state index in [4.69, 9.17) is 11.6 Å². The van der Waals surface area contributed by atoms with Crippen LogP contribution in [0.25, 0.3) is 0 Å². The summed E-state index contributed by atoms with van der Waals surface area (Å²) in [5.41, 5.74) is 1.97. The lowest BCUT2D eigenvalue weighted by Gasteiger charge is -2.37. The van der Waals surface area contributed by atoms with Crippen molar-refractivity contribution in [2.24, 2.45) is 5.92 Å². The van der Waals surface area contributed by atoms with Crippen molar-refractivity contribution in [2.45, 2.75) is 25.7 Å². The summed E-state index contributed by atoms with van der Waals surface area (Å²) < 4.78 is 0. The summed E-state index contributed by atoms with van der Waals surface area (Å²) in [5, 5.41) is 12.9. The van der Waals surface area contributed by atoms with Crippen LogP contribution in [0.3, 0.4) is 0 Å². The summed E-state index contributed by atoms with van der Waals surface area (Å²) in [4.78, 5) is 29.2. The fourth-order valence-corrected chi connectivity index (χ4v) is 4.82. The Morgan fingerprint density at radius 2 is 1.84 bits per heavy atom. The van der Waals surface area contributed by atoms with E-state index < -0.39 is 5.97 Å². The number of piperidine rings is 1. The van der Waals surface area contributed by atoms with Crippen LogP contribution in [0.4, 0.5) is 11.4 Å². The number of carbonyl (C=O) groups excluding carboxylic acids is 1. The maximum absolute atomic E-state index is 12.8. The zero-order valence-corrected chi connectivity index (χ0v) is 18.3. The van der Waals surface area contributed by atoms with Crippen molar-refractivity contribution in [3.05, 3.63) is 58.6 Å². The monoisotopic (exact) mass is 441 g/mol. The molecule has 0 unspecified atom stereocenters. The highest BCUT2D eigenvalue weighted by Gasteiger charge is 2.25. The smallest absolute Gasteiger partial charge is 0.335 e. The molecule has 4 rings (SSSR count). The first-order valence-corrected chi connectivity index (χ1v) is 11.3. The van der Waals surface area contributed by atoms with Crippen molar-refractivity contribution in [3.63, 3.8) is 0 Å². The van der Waals surface area contributed by atoms with Crippen LogP contribution in [0.1, 0.15) is 46.4 Å². The molecule has 0 saturated carbocycles. The van der Waals surface area contributed by atoms with E-state index in [2.05, 4.69) is 15.1 Å². The Morgan fingerprint density at radius 3 is 2.58 bits per heavy atom. The first kappa shape index (κ1) is 21.7. The third-order valence-corrected chi connectivity index (χ3v) is 6.39. The van der Waals surface area contributed by atoms with Crippen molar-refractivity contribution < 1.29 is 14.7 Å². The van der Waals surface area contributed by atoms with E-state index in [1.54, 1.807) is 36.4 Å². The second-order valence-electron chi connectivity index (χ2n) is 8.46. The molecule has 164 valence electrons. The highest BCUT2D eigenvalue weighted by Crippen LogP contribution is 2.32. The molecule has 0 aliphatic carbocycles. The molecule has 1 amide bonds. The molecule has 0 bridgehead atoms. The molecule has 7 heteroatoms. The highest BCUT2D eigenvalue weighted by molar-refractivity contribution is 6.31. The summed E-state index contributed by atoms with van der Waals surface area (Å²) in [6, 6.07) is 11.7. The number of carboxylic acids is 1. The van der Waals surface area contributed by atoms with Gasteiger partial charge in [-0.1, -0.05) is 17.7 Å². The van der Waals surface area contributed by atoms with Crippen molar-refractivity contribution in [1.29, 1.82) is 0 Å². The largest absolute Gasteiger partial charge is 0.478 e. The number of carbonyl (C=O) groups is 2. The number of likely N-dealkylation sites (tertiary alicyclic amines) is 1. The topological polar surface area (TPSA) is 72.9 Å². The highest BCUT2D eigenvalue weighted by atomic mass is 35.5. The van der Waals surface area contributed by atoms with Crippen molar-refractivity contribution in [1.82, 2.24) is 4.90 Å². The van der Waals surface area contributed by atoms with Crippen LogP contribution in [0, 0.1) is 5.92 Å². The third kappa shape index (κ3) is 5.38. The Bertz CT molecular complexity index is 959. The van der Waals surface area contributed by atoms with Gasteiger partial charge in [-0.05, 0) is 81.1 Å². The van der Waals surface area contributed by atoms with Gasteiger partial charge in [-0.2, -0.15) is 0 Å². The van der Waals surface area contributed by atoms with E-state index >= 15 is 0 Å². The zero-order chi connectivity index (χ0) is 21.8. The van der Waals surface area contributed by atoms with Gasteiger partial charge in [-0.25, -0.2) is 4.79 Å². The standard InChI is InChI=1S/C24H28ClN3O3/c25-20-7-3-6-18(13-20)23(29)26-21-14-19(24(30)31)8-9-22(21)28-12-4-5-17(16-28)15-27-10-1-2-11-27/h3,6-9,13-14,17H,1-2,4-5,10-12,15-16H2,(H,26,29)(H,30,31)/t17-/m0/s1. The van der Waals surface area contributed by atoms with Gasteiger partial charge < -0.3 is 20.2 Å². The average Bonchev–Trinajstić information content (AvgIpc) is 3.27. The number of halogens is 1. The van der Waals surface area contributed by atoms with Crippen LogP contribution < -0.4 is 10.2 Å². The molecular formula is C24H28ClN3O3. The molecule has 2 fully saturated rings. The van der Waals surface area contributed by atoms with Crippen molar-refractivity contribution >= 4 is 34.9 Å². The Kier molecular flexibility index (Phi) is 6.78. The molecule has 2 aromatic carbocycles. The molecule has 0 radical (unpaired) electrons. The molecule has 2 aliphatic heterocycles. The van der Waals surface area contributed by atoms with Crippen LogP contribution in [0.2, 0.25) is 5.02 Å². The van der Waals surface area contributed by atoms with E-state index in [0.717, 1.165) is 31.7 Å². The Labute approximate surface area is 187 Å². The van der Waals surface area contributed by atoms with E-state index in [1.165, 1.54) is 32.4 Å². The van der Waals surface area contributed by atoms with E-state index in [1.807, 2.05) is 6.07 Å². The van der Waals surface area contributed by atoms with Gasteiger partial charge in [0.15, 0.2) is 0 Å². The van der Waals surface area contributed by atoms with Crippen molar-refractivity contribution in [2.75, 3.05) is 42.9 Å². The summed E-state index contributed by atoms with van der Waals surface area (Å²) >= 11 is 6.03. The Balaban J connectivity index is 1.56. The molecule has 31 heavy (non-hydrogen) atoms. The number of hydrogen-bond donors (Lipinski definition) is 2. The number of benzene rings is 2. The minimum absolute atomic E-state index is 0.149. The fraction of sp³-hybridized carbons (Fsp3) is 0.417. The van der Waals surface area contributed by atoms with Crippen LogP contribution in [0.15, 0.2) is 42.5 Å². The van der Waals surface area contributed by atoms with Gasteiger partial charge in [0.2, 0.25) is 0 Å². The van der Waals surface area contributed by atoms with Gasteiger partial charge in [0.1, 0.15) is 0 Å². The molecule has 2 aliphatic rings. The van der Waals surface area contributed by atoms with Gasteiger partial charge in [0.25, 0.3) is 5.91 Å². The first-order valence-electron chi connectivity index (χ1n) is 10.9. The second kappa shape index (κ2) is 9.71. The molecule has 6 nitrogen and oxygen atoms in total. The van der Waals surface area contributed by atoms with Crippen LogP contribution in [0.5, 0.6) is 0 Å². The lowest BCUT2D eigenvalue weighted by Crippen LogP contribution is -2.40. The van der Waals surface area contributed by atoms with E-state index in [-0.39, 0.29) is 11.5 Å². The fourth-order valence-electron chi connectivity index (χ4n) is 4.63. The second-order valence-corrected chi connectivity index (χ2v) is 8.90. The molecule has 1 atom stereocenters. The molecule has 0 spiro atoms. The number of anilines is 2. The minimum atomic E-state index is -1.02. The molecule has 2 heterocycles. The summed E-state index contributed by atoms with van der Waals surface area (Å²) in [6.07, 6.45) is 4.85. The van der Waals surface area contributed by atoms with Crippen LogP contribution >= 0.6 is 11.6 Å².